The van der Waals surface area contributed by atoms with Crippen LogP contribution in [0.4, 0.5) is 5.69 Å². The van der Waals surface area contributed by atoms with Crippen molar-refractivity contribution >= 4 is 22.4 Å². The second-order valence-electron chi connectivity index (χ2n) is 9.81. The predicted molar refractivity (Wildman–Crippen MR) is 138 cm³/mol. The summed E-state index contributed by atoms with van der Waals surface area (Å²) in [4.78, 5) is 15.5. The molecule has 0 spiro atoms. The maximum Gasteiger partial charge on any atom is 0.238 e. The number of carbonyl (C=O) groups excluding carboxylic acids is 1. The van der Waals surface area contributed by atoms with Crippen LogP contribution in [-0.4, -0.2) is 48.8 Å². The third-order valence-corrected chi connectivity index (χ3v) is 7.83. The Morgan fingerprint density at radius 2 is 1.83 bits per heavy atom. The summed E-state index contributed by atoms with van der Waals surface area (Å²) in [6, 6.07) is 19.9. The van der Waals surface area contributed by atoms with Gasteiger partial charge in [-0.3, -0.25) is 9.69 Å². The van der Waals surface area contributed by atoms with Crippen LogP contribution in [0.3, 0.4) is 0 Å². The highest BCUT2D eigenvalue weighted by Gasteiger charge is 2.49. The SMILES string of the molecule is COc1ccc([C@H]2[C@H]3CCCC[C@@]3(O)CCN2CC(=O)Nc2cccc3ccccc23)cc1OC. The van der Waals surface area contributed by atoms with Gasteiger partial charge in [0.15, 0.2) is 11.5 Å². The lowest BCUT2D eigenvalue weighted by molar-refractivity contribution is -0.135. The van der Waals surface area contributed by atoms with Crippen LogP contribution in [0.1, 0.15) is 43.7 Å². The molecule has 1 saturated carbocycles. The predicted octanol–water partition coefficient (Wildman–Crippen LogP) is 5.16. The Bertz CT molecular complexity index is 1210. The lowest BCUT2D eigenvalue weighted by Crippen LogP contribution is -2.56. The number of piperidine rings is 1. The molecule has 3 atom stereocenters. The van der Waals surface area contributed by atoms with E-state index in [1.165, 1.54) is 0 Å². The molecule has 0 aromatic heterocycles. The normalized spacial score (nSPS) is 24.5. The molecule has 3 aromatic rings. The van der Waals surface area contributed by atoms with E-state index in [4.69, 9.17) is 9.47 Å². The Kier molecular flexibility index (Phi) is 6.67. The Morgan fingerprint density at radius 1 is 1.03 bits per heavy atom. The molecule has 1 amide bonds. The highest BCUT2D eigenvalue weighted by molar-refractivity contribution is 6.02. The average Bonchev–Trinajstić information content (AvgIpc) is 2.88. The Labute approximate surface area is 206 Å². The number of amides is 1. The molecular weight excluding hydrogens is 440 g/mol. The van der Waals surface area contributed by atoms with E-state index in [2.05, 4.69) is 10.2 Å². The number of nitrogens with one attached hydrogen (secondary N) is 1. The van der Waals surface area contributed by atoms with Crippen LogP contribution in [0.2, 0.25) is 0 Å². The fourth-order valence-corrected chi connectivity index (χ4v) is 6.11. The summed E-state index contributed by atoms with van der Waals surface area (Å²) in [7, 11) is 3.26. The number of hydrogen-bond acceptors (Lipinski definition) is 5. The van der Waals surface area contributed by atoms with Crippen molar-refractivity contribution in [3.63, 3.8) is 0 Å². The largest absolute Gasteiger partial charge is 0.493 e. The monoisotopic (exact) mass is 474 g/mol. The van der Waals surface area contributed by atoms with Gasteiger partial charge in [0.05, 0.1) is 26.4 Å². The van der Waals surface area contributed by atoms with E-state index in [1.807, 2.05) is 60.7 Å². The van der Waals surface area contributed by atoms with Gasteiger partial charge in [-0.1, -0.05) is 55.3 Å². The third-order valence-electron chi connectivity index (χ3n) is 7.83. The zero-order valence-corrected chi connectivity index (χ0v) is 20.5. The Balaban J connectivity index is 1.44. The van der Waals surface area contributed by atoms with Gasteiger partial charge in [-0.25, -0.2) is 0 Å². The molecule has 1 aliphatic carbocycles. The van der Waals surface area contributed by atoms with Gasteiger partial charge in [-0.15, -0.1) is 0 Å². The molecule has 3 aromatic carbocycles. The number of likely N-dealkylation sites (tertiary alicyclic amines) is 1. The molecule has 6 nitrogen and oxygen atoms in total. The molecule has 0 unspecified atom stereocenters. The molecule has 35 heavy (non-hydrogen) atoms. The third kappa shape index (κ3) is 4.60. The zero-order chi connectivity index (χ0) is 24.4. The number of fused-ring (bicyclic) bond motifs is 2. The number of hydrogen-bond donors (Lipinski definition) is 2. The number of anilines is 1. The quantitative estimate of drug-likeness (QED) is 0.516. The molecular formula is C29H34N2O4. The molecule has 1 aliphatic heterocycles. The minimum absolute atomic E-state index is 0.0481. The van der Waals surface area contributed by atoms with Crippen LogP contribution in [0.15, 0.2) is 60.7 Å². The maximum atomic E-state index is 13.3. The van der Waals surface area contributed by atoms with E-state index in [0.717, 1.165) is 47.7 Å². The van der Waals surface area contributed by atoms with Crippen molar-refractivity contribution in [2.75, 3.05) is 32.6 Å². The van der Waals surface area contributed by atoms with E-state index in [1.54, 1.807) is 14.2 Å². The standard InChI is InChI=1S/C29H34N2O4/c1-34-25-14-13-21(18-26(25)35-2)28-23-11-5-6-15-29(23,33)16-17-31(28)19-27(32)30-24-12-7-9-20-8-3-4-10-22(20)24/h3-4,7-10,12-14,18,23,28,33H,5-6,11,15-17,19H2,1-2H3,(H,30,32)/t23-,28+,29-/m1/s1. The van der Waals surface area contributed by atoms with Gasteiger partial charge in [-0.05, 0) is 48.4 Å². The molecule has 5 rings (SSSR count). The Morgan fingerprint density at radius 3 is 2.66 bits per heavy atom. The molecule has 184 valence electrons. The van der Waals surface area contributed by atoms with Crippen molar-refractivity contribution in [2.24, 2.45) is 5.92 Å². The van der Waals surface area contributed by atoms with Crippen molar-refractivity contribution in [2.45, 2.75) is 43.7 Å². The number of methoxy groups -OCH3 is 2. The Hall–Kier alpha value is -3.09. The molecule has 1 saturated heterocycles. The molecule has 2 aliphatic rings. The average molecular weight is 475 g/mol. The fourth-order valence-electron chi connectivity index (χ4n) is 6.11. The first-order chi connectivity index (χ1) is 17.0. The molecule has 0 radical (unpaired) electrons. The summed E-state index contributed by atoms with van der Waals surface area (Å²) in [5, 5.41) is 16.8. The number of carbonyl (C=O) groups is 1. The minimum Gasteiger partial charge on any atom is -0.493 e. The number of aliphatic hydroxyl groups is 1. The molecule has 6 heteroatoms. The van der Waals surface area contributed by atoms with E-state index in [-0.39, 0.29) is 24.4 Å². The highest BCUT2D eigenvalue weighted by atomic mass is 16.5. The van der Waals surface area contributed by atoms with Crippen LogP contribution in [-0.2, 0) is 4.79 Å². The number of rotatable bonds is 6. The lowest BCUT2D eigenvalue weighted by Gasteiger charge is -2.52. The van der Waals surface area contributed by atoms with Crippen LogP contribution < -0.4 is 14.8 Å². The minimum atomic E-state index is -0.696. The first-order valence-electron chi connectivity index (χ1n) is 12.5. The van der Waals surface area contributed by atoms with Gasteiger partial charge < -0.3 is 19.9 Å². The molecule has 2 N–H and O–H groups in total. The van der Waals surface area contributed by atoms with Gasteiger partial charge in [0.1, 0.15) is 0 Å². The van der Waals surface area contributed by atoms with Crippen molar-refractivity contribution in [1.29, 1.82) is 0 Å². The van der Waals surface area contributed by atoms with Crippen molar-refractivity contribution in [3.05, 3.63) is 66.2 Å². The summed E-state index contributed by atoms with van der Waals surface area (Å²) >= 11 is 0. The van der Waals surface area contributed by atoms with Crippen LogP contribution in [0.5, 0.6) is 11.5 Å². The summed E-state index contributed by atoms with van der Waals surface area (Å²) < 4.78 is 11.0. The highest BCUT2D eigenvalue weighted by Crippen LogP contribution is 2.50. The molecule has 2 fully saturated rings. The van der Waals surface area contributed by atoms with Crippen LogP contribution in [0.25, 0.3) is 10.8 Å². The fraction of sp³-hybridized carbons (Fsp3) is 0.414. The van der Waals surface area contributed by atoms with Gasteiger partial charge in [-0.2, -0.15) is 0 Å². The lowest BCUT2D eigenvalue weighted by atomic mass is 9.66. The van der Waals surface area contributed by atoms with E-state index >= 15 is 0 Å². The van der Waals surface area contributed by atoms with E-state index in [0.29, 0.717) is 24.5 Å². The molecule has 1 heterocycles. The number of nitrogens with zero attached hydrogens (tertiary/aromatic N) is 1. The summed E-state index contributed by atoms with van der Waals surface area (Å²) in [5.74, 6) is 1.35. The van der Waals surface area contributed by atoms with Crippen LogP contribution in [0, 0.1) is 5.92 Å². The second kappa shape index (κ2) is 9.88. The smallest absolute Gasteiger partial charge is 0.238 e. The first kappa shape index (κ1) is 23.6. The summed E-state index contributed by atoms with van der Waals surface area (Å²) in [5.41, 5.74) is 1.17. The van der Waals surface area contributed by atoms with E-state index < -0.39 is 5.60 Å². The van der Waals surface area contributed by atoms with Gasteiger partial charge in [0.2, 0.25) is 5.91 Å². The second-order valence-corrected chi connectivity index (χ2v) is 9.81. The number of benzene rings is 3. The van der Waals surface area contributed by atoms with E-state index in [9.17, 15) is 9.90 Å². The van der Waals surface area contributed by atoms with Crippen molar-refractivity contribution < 1.29 is 19.4 Å². The topological polar surface area (TPSA) is 71.0 Å². The summed E-state index contributed by atoms with van der Waals surface area (Å²) in [6.45, 7) is 0.920. The van der Waals surface area contributed by atoms with Crippen LogP contribution >= 0.6 is 0 Å². The zero-order valence-electron chi connectivity index (χ0n) is 20.5. The molecule has 0 bridgehead atoms. The van der Waals surface area contributed by atoms with Crippen molar-refractivity contribution in [1.82, 2.24) is 4.90 Å². The maximum absolute atomic E-state index is 13.3. The van der Waals surface area contributed by atoms with Gasteiger partial charge in [0, 0.05) is 29.6 Å². The van der Waals surface area contributed by atoms with Gasteiger partial charge in [0.25, 0.3) is 0 Å². The van der Waals surface area contributed by atoms with Gasteiger partial charge >= 0.3 is 0 Å². The first-order valence-corrected chi connectivity index (χ1v) is 12.5. The number of ether oxygens (including phenoxy) is 2. The van der Waals surface area contributed by atoms with Crippen molar-refractivity contribution in [3.8, 4) is 11.5 Å². The summed E-state index contributed by atoms with van der Waals surface area (Å²) in [6.07, 6.45) is 4.58.